The second kappa shape index (κ2) is 7.79. The van der Waals surface area contributed by atoms with E-state index in [1.807, 2.05) is 4.90 Å². The molecule has 1 aliphatic heterocycles. The quantitative estimate of drug-likeness (QED) is 0.683. The van der Waals surface area contributed by atoms with E-state index >= 15 is 0 Å². The smallest absolute Gasteiger partial charge is 0.273 e. The minimum absolute atomic E-state index is 0.0546. The second-order valence-electron chi connectivity index (χ2n) is 6.31. The van der Waals surface area contributed by atoms with Crippen molar-refractivity contribution in [2.45, 2.75) is 18.8 Å². The van der Waals surface area contributed by atoms with E-state index in [0.29, 0.717) is 30.4 Å². The number of likely N-dealkylation sites (tertiary alicyclic amines) is 1. The summed E-state index contributed by atoms with van der Waals surface area (Å²) in [5, 5.41) is 1.76. The summed E-state index contributed by atoms with van der Waals surface area (Å²) in [5.74, 6) is 0.317. The fourth-order valence-electron chi connectivity index (χ4n) is 3.14. The van der Waals surface area contributed by atoms with E-state index < -0.39 is 0 Å². The van der Waals surface area contributed by atoms with Gasteiger partial charge in [-0.3, -0.25) is 9.78 Å². The Bertz CT molecular complexity index is 935. The van der Waals surface area contributed by atoms with Gasteiger partial charge in [0.2, 0.25) is 5.88 Å². The number of benzene rings is 1. The average molecular weight is 384 g/mol. The van der Waals surface area contributed by atoms with Crippen molar-refractivity contribution in [1.29, 1.82) is 0 Å². The SMILES string of the molecule is O=C(c1cscn1)N1CCC[C@H](c2cncc(Oc3cccc(F)c3)n2)C1. The molecule has 1 saturated heterocycles. The Hall–Kier alpha value is -2.87. The number of hydrogen-bond donors (Lipinski definition) is 0. The Labute approximate surface area is 159 Å². The predicted octanol–water partition coefficient (Wildman–Crippen LogP) is 3.88. The van der Waals surface area contributed by atoms with Crippen LogP contribution in [0.2, 0.25) is 0 Å². The number of hydrogen-bond acceptors (Lipinski definition) is 6. The zero-order valence-corrected chi connectivity index (χ0v) is 15.2. The fourth-order valence-corrected chi connectivity index (χ4v) is 3.67. The summed E-state index contributed by atoms with van der Waals surface area (Å²) >= 11 is 1.41. The van der Waals surface area contributed by atoms with Gasteiger partial charge >= 0.3 is 0 Å². The highest BCUT2D eigenvalue weighted by Gasteiger charge is 2.27. The number of aromatic nitrogens is 3. The summed E-state index contributed by atoms with van der Waals surface area (Å²) in [6, 6.07) is 5.88. The lowest BCUT2D eigenvalue weighted by atomic mass is 9.95. The van der Waals surface area contributed by atoms with Crippen molar-refractivity contribution in [3.05, 3.63) is 64.8 Å². The molecule has 0 unspecified atom stereocenters. The Kier molecular flexibility index (Phi) is 5.06. The molecular weight excluding hydrogens is 367 g/mol. The second-order valence-corrected chi connectivity index (χ2v) is 7.02. The molecule has 0 radical (unpaired) electrons. The standard InChI is InChI=1S/C19H17FN4O2S/c20-14-4-1-5-15(7-14)26-18-9-21-8-16(23-18)13-3-2-6-24(10-13)19(25)17-11-27-12-22-17/h1,4-5,7-9,11-13H,2-3,6,10H2/t13-/m0/s1. The maximum atomic E-state index is 13.3. The highest BCUT2D eigenvalue weighted by molar-refractivity contribution is 7.07. The van der Waals surface area contributed by atoms with Gasteiger partial charge in [-0.15, -0.1) is 11.3 Å². The molecule has 1 aromatic carbocycles. The zero-order chi connectivity index (χ0) is 18.6. The zero-order valence-electron chi connectivity index (χ0n) is 14.4. The van der Waals surface area contributed by atoms with E-state index in [9.17, 15) is 9.18 Å². The van der Waals surface area contributed by atoms with Crippen LogP contribution < -0.4 is 4.74 Å². The molecule has 138 valence electrons. The first-order valence-corrected chi connectivity index (χ1v) is 9.56. The van der Waals surface area contributed by atoms with Gasteiger partial charge in [-0.05, 0) is 25.0 Å². The van der Waals surface area contributed by atoms with Crippen molar-refractivity contribution in [3.63, 3.8) is 0 Å². The normalized spacial score (nSPS) is 16.9. The predicted molar refractivity (Wildman–Crippen MR) is 98.5 cm³/mol. The van der Waals surface area contributed by atoms with Crippen LogP contribution in [0.1, 0.15) is 34.9 Å². The lowest BCUT2D eigenvalue weighted by molar-refractivity contribution is 0.0700. The summed E-state index contributed by atoms with van der Waals surface area (Å²) in [4.78, 5) is 27.2. The van der Waals surface area contributed by atoms with Crippen LogP contribution >= 0.6 is 11.3 Å². The molecule has 0 spiro atoms. The van der Waals surface area contributed by atoms with Gasteiger partial charge in [0.25, 0.3) is 5.91 Å². The maximum Gasteiger partial charge on any atom is 0.273 e. The molecule has 6 nitrogen and oxygen atoms in total. The third-order valence-electron chi connectivity index (χ3n) is 4.43. The topological polar surface area (TPSA) is 68.2 Å². The highest BCUT2D eigenvalue weighted by Crippen LogP contribution is 2.28. The summed E-state index contributed by atoms with van der Waals surface area (Å²) in [6.45, 7) is 1.27. The molecule has 0 aliphatic carbocycles. The number of amides is 1. The van der Waals surface area contributed by atoms with Gasteiger partial charge in [-0.25, -0.2) is 14.4 Å². The van der Waals surface area contributed by atoms with Crippen LogP contribution in [0.25, 0.3) is 0 Å². The van der Waals surface area contributed by atoms with Gasteiger partial charge in [0.05, 0.1) is 17.4 Å². The molecule has 8 heteroatoms. The maximum absolute atomic E-state index is 13.3. The monoisotopic (exact) mass is 384 g/mol. The Balaban J connectivity index is 1.48. The first-order valence-electron chi connectivity index (χ1n) is 8.62. The molecule has 3 heterocycles. The number of halogens is 1. The molecule has 1 fully saturated rings. The van der Waals surface area contributed by atoms with E-state index in [2.05, 4.69) is 15.0 Å². The van der Waals surface area contributed by atoms with Crippen LogP contribution in [-0.2, 0) is 0 Å². The minimum Gasteiger partial charge on any atom is -0.437 e. The average Bonchev–Trinajstić information content (AvgIpc) is 3.23. The van der Waals surface area contributed by atoms with Gasteiger partial charge < -0.3 is 9.64 Å². The van der Waals surface area contributed by atoms with Crippen LogP contribution in [0.4, 0.5) is 4.39 Å². The number of carbonyl (C=O) groups excluding carboxylic acids is 1. The van der Waals surface area contributed by atoms with Crippen molar-refractivity contribution in [1.82, 2.24) is 19.9 Å². The number of rotatable bonds is 4. The number of ether oxygens (including phenoxy) is 1. The molecule has 0 bridgehead atoms. The molecule has 4 rings (SSSR count). The molecular formula is C19H17FN4O2S. The van der Waals surface area contributed by atoms with Gasteiger partial charge in [-0.2, -0.15) is 0 Å². The first kappa shape index (κ1) is 17.5. The largest absolute Gasteiger partial charge is 0.437 e. The van der Waals surface area contributed by atoms with E-state index in [-0.39, 0.29) is 17.6 Å². The van der Waals surface area contributed by atoms with Crippen LogP contribution in [0.3, 0.4) is 0 Å². The van der Waals surface area contributed by atoms with Gasteiger partial charge in [-0.1, -0.05) is 6.07 Å². The summed E-state index contributed by atoms with van der Waals surface area (Å²) in [6.07, 6.45) is 4.99. The van der Waals surface area contributed by atoms with Crippen molar-refractivity contribution in [2.75, 3.05) is 13.1 Å². The van der Waals surface area contributed by atoms with Crippen molar-refractivity contribution in [3.8, 4) is 11.6 Å². The van der Waals surface area contributed by atoms with E-state index in [4.69, 9.17) is 4.74 Å². The molecule has 27 heavy (non-hydrogen) atoms. The van der Waals surface area contributed by atoms with Crippen LogP contribution in [-0.4, -0.2) is 38.8 Å². The van der Waals surface area contributed by atoms with Crippen LogP contribution in [0, 0.1) is 5.82 Å². The van der Waals surface area contributed by atoms with Crippen LogP contribution in [0.5, 0.6) is 11.6 Å². The van der Waals surface area contributed by atoms with E-state index in [1.165, 1.54) is 29.7 Å². The fraction of sp³-hybridized carbons (Fsp3) is 0.263. The van der Waals surface area contributed by atoms with E-state index in [1.54, 1.807) is 29.2 Å². The Morgan fingerprint density at radius 3 is 3.07 bits per heavy atom. The van der Waals surface area contributed by atoms with Crippen molar-refractivity contribution in [2.24, 2.45) is 0 Å². The molecule has 0 N–H and O–H groups in total. The highest BCUT2D eigenvalue weighted by atomic mass is 32.1. The number of nitrogens with zero attached hydrogens (tertiary/aromatic N) is 4. The summed E-state index contributed by atoms with van der Waals surface area (Å²) < 4.78 is 18.9. The van der Waals surface area contributed by atoms with Crippen molar-refractivity contribution < 1.29 is 13.9 Å². The molecule has 1 atom stereocenters. The number of thiazole rings is 1. The van der Waals surface area contributed by atoms with Gasteiger partial charge in [0.1, 0.15) is 17.3 Å². The molecule has 2 aromatic heterocycles. The van der Waals surface area contributed by atoms with E-state index in [0.717, 1.165) is 18.5 Å². The molecule has 3 aromatic rings. The first-order chi connectivity index (χ1) is 13.2. The molecule has 1 amide bonds. The Morgan fingerprint density at radius 2 is 2.26 bits per heavy atom. The third-order valence-corrected chi connectivity index (χ3v) is 5.01. The lowest BCUT2D eigenvalue weighted by Gasteiger charge is -2.32. The van der Waals surface area contributed by atoms with Gasteiger partial charge in [0, 0.05) is 36.7 Å². The number of carbonyl (C=O) groups is 1. The van der Waals surface area contributed by atoms with Gasteiger partial charge in [0.15, 0.2) is 0 Å². The van der Waals surface area contributed by atoms with Crippen LogP contribution in [0.15, 0.2) is 47.5 Å². The number of piperidine rings is 1. The third kappa shape index (κ3) is 4.11. The lowest BCUT2D eigenvalue weighted by Crippen LogP contribution is -2.39. The van der Waals surface area contributed by atoms with Crippen molar-refractivity contribution >= 4 is 17.2 Å². The molecule has 1 aliphatic rings. The summed E-state index contributed by atoms with van der Waals surface area (Å²) in [7, 11) is 0. The minimum atomic E-state index is -0.375. The Morgan fingerprint density at radius 1 is 1.33 bits per heavy atom. The molecule has 0 saturated carbocycles. The summed E-state index contributed by atoms with van der Waals surface area (Å²) in [5.41, 5.74) is 2.91.